The van der Waals surface area contributed by atoms with Crippen LogP contribution in [-0.4, -0.2) is 100 Å². The number of hydrogen-bond donors (Lipinski definition) is 3. The lowest BCUT2D eigenvalue weighted by molar-refractivity contribution is -0.144. The summed E-state index contributed by atoms with van der Waals surface area (Å²) in [5.74, 6) is -0.262. The average molecular weight is 700 g/mol. The Kier molecular flexibility index (Phi) is 8.24. The summed E-state index contributed by atoms with van der Waals surface area (Å²) in [6, 6.07) is 8.55. The van der Waals surface area contributed by atoms with E-state index in [0.717, 1.165) is 6.33 Å². The van der Waals surface area contributed by atoms with Gasteiger partial charge in [0.15, 0.2) is 46.8 Å². The summed E-state index contributed by atoms with van der Waals surface area (Å²) >= 11 is 0. The van der Waals surface area contributed by atoms with Crippen molar-refractivity contribution >= 4 is 41.9 Å². The summed E-state index contributed by atoms with van der Waals surface area (Å²) in [4.78, 5) is 59.0. The monoisotopic (exact) mass is 699 g/mol. The molecule has 0 aliphatic carbocycles. The number of carbonyl (C=O) groups excluding carboxylic acids is 1. The van der Waals surface area contributed by atoms with E-state index in [1.807, 2.05) is 0 Å². The number of aromatic nitrogens is 8. The predicted octanol–water partition coefficient (Wildman–Crippen LogP) is 1.61. The number of alkyl halides is 1. The Morgan fingerprint density at radius 2 is 1.76 bits per heavy atom. The SMILES string of the molecule is O=C(Nc1ncnc2c1ncn2C1OC2COCO[C@@H]3C(COP(=O)(O)O[C@@H]1C2)OC(n1cnc2c(=O)[nH]cnc21)[C@@H]3F)c1ccccc1. The van der Waals surface area contributed by atoms with Crippen molar-refractivity contribution in [1.82, 2.24) is 39.0 Å². The van der Waals surface area contributed by atoms with Gasteiger partial charge in [-0.15, -0.1) is 0 Å². The molecule has 3 saturated heterocycles. The first-order valence-electron chi connectivity index (χ1n) is 15.0. The first kappa shape index (κ1) is 31.7. The molecule has 1 amide bonds. The second-order valence-corrected chi connectivity index (χ2v) is 12.8. The summed E-state index contributed by atoms with van der Waals surface area (Å²) in [5, 5.41) is 2.73. The number of ether oxygens (including phenoxy) is 4. The zero-order valence-corrected chi connectivity index (χ0v) is 26.0. The minimum Gasteiger partial charge on any atom is -0.353 e. The van der Waals surface area contributed by atoms with E-state index in [4.69, 9.17) is 28.0 Å². The molecule has 19 nitrogen and oxygen atoms in total. The number of anilines is 1. The second kappa shape index (κ2) is 12.7. The lowest BCUT2D eigenvalue weighted by Gasteiger charge is -2.24. The summed E-state index contributed by atoms with van der Waals surface area (Å²) in [6.07, 6.45) is -3.37. The number of benzene rings is 1. The van der Waals surface area contributed by atoms with Gasteiger partial charge < -0.3 is 34.1 Å². The van der Waals surface area contributed by atoms with E-state index < -0.39 is 68.9 Å². The fourth-order valence-electron chi connectivity index (χ4n) is 6.04. The topological polar surface area (TPSA) is 229 Å². The van der Waals surface area contributed by atoms with Crippen LogP contribution in [0, 0.1) is 0 Å². The fraction of sp³-hybridized carbons (Fsp3) is 0.393. The van der Waals surface area contributed by atoms with E-state index in [0.29, 0.717) is 5.56 Å². The molecule has 2 bridgehead atoms. The standard InChI is InChI=1S/C28H27FN9O10P/c29-18-21-17(47-28(18)38-12-35-20-24(38)32-10-33-26(20)40)8-45-49(41,42)48-16-6-15(7-43-13-44-21)46-27(16)37-11-34-19-22(30-9-31-23(19)37)36-25(39)14-4-2-1-3-5-14/h1-5,9-12,15-18,21,27-28H,6-8,13H2,(H,41,42)(H,32,33,40)(H,30,31,36,39)/t15?,16-,17?,18-,21-,27?,28?/m1/s1. The number of carbonyl (C=O) groups is 1. The second-order valence-electron chi connectivity index (χ2n) is 11.3. The van der Waals surface area contributed by atoms with Crippen molar-refractivity contribution in [2.75, 3.05) is 25.3 Å². The van der Waals surface area contributed by atoms with Crippen LogP contribution in [0.5, 0.6) is 0 Å². The number of H-pyrrole nitrogens is 1. The van der Waals surface area contributed by atoms with E-state index in [1.54, 1.807) is 30.3 Å². The van der Waals surface area contributed by atoms with E-state index in [9.17, 15) is 19.0 Å². The molecule has 1 aromatic carbocycles. The molecule has 7 heterocycles. The Hall–Kier alpha value is -4.53. The molecule has 256 valence electrons. The van der Waals surface area contributed by atoms with Gasteiger partial charge in [-0.3, -0.25) is 27.8 Å². The van der Waals surface area contributed by atoms with Crippen molar-refractivity contribution in [2.24, 2.45) is 0 Å². The predicted molar refractivity (Wildman–Crippen MR) is 162 cm³/mol. The smallest absolute Gasteiger partial charge is 0.353 e. The molecule has 49 heavy (non-hydrogen) atoms. The lowest BCUT2D eigenvalue weighted by Crippen LogP contribution is -2.35. The highest BCUT2D eigenvalue weighted by atomic mass is 31.2. The van der Waals surface area contributed by atoms with Crippen molar-refractivity contribution in [2.45, 2.75) is 49.5 Å². The van der Waals surface area contributed by atoms with Crippen LogP contribution in [0.15, 0.2) is 60.4 Å². The van der Waals surface area contributed by atoms with Crippen LogP contribution in [-0.2, 0) is 32.6 Å². The third kappa shape index (κ3) is 6.02. The number of imidazole rings is 2. The summed E-state index contributed by atoms with van der Waals surface area (Å²) < 4.78 is 66.2. The van der Waals surface area contributed by atoms with Crippen molar-refractivity contribution in [3.05, 3.63) is 71.6 Å². The van der Waals surface area contributed by atoms with Crippen LogP contribution in [0.25, 0.3) is 22.3 Å². The van der Waals surface area contributed by atoms with Gasteiger partial charge in [-0.2, -0.15) is 0 Å². The maximum absolute atomic E-state index is 15.8. The van der Waals surface area contributed by atoms with Gasteiger partial charge in [-0.05, 0) is 12.1 Å². The number of fused-ring (bicyclic) bond motifs is 5. The third-order valence-electron chi connectivity index (χ3n) is 8.27. The highest BCUT2D eigenvalue weighted by Gasteiger charge is 2.50. The summed E-state index contributed by atoms with van der Waals surface area (Å²) in [6.45, 7) is -1.04. The highest BCUT2D eigenvalue weighted by molar-refractivity contribution is 7.47. The average Bonchev–Trinajstić information content (AvgIpc) is 3.87. The molecule has 3 aliphatic rings. The van der Waals surface area contributed by atoms with Crippen molar-refractivity contribution < 1.29 is 46.6 Å². The van der Waals surface area contributed by atoms with Crippen LogP contribution in [0.4, 0.5) is 10.2 Å². The molecule has 4 aromatic heterocycles. The zero-order chi connectivity index (χ0) is 33.7. The lowest BCUT2D eigenvalue weighted by atomic mass is 10.1. The fourth-order valence-corrected chi connectivity index (χ4v) is 6.97. The van der Waals surface area contributed by atoms with Crippen LogP contribution >= 0.6 is 7.82 Å². The van der Waals surface area contributed by atoms with Gasteiger partial charge in [0.2, 0.25) is 0 Å². The molecular formula is C28H27FN9O10P. The Balaban J connectivity index is 1.02. The molecule has 0 saturated carbocycles. The quantitative estimate of drug-likeness (QED) is 0.226. The Bertz CT molecular complexity index is 2110. The molecule has 5 aromatic rings. The van der Waals surface area contributed by atoms with Gasteiger partial charge in [0.1, 0.15) is 31.4 Å². The van der Waals surface area contributed by atoms with Gasteiger partial charge in [0, 0.05) is 12.0 Å². The van der Waals surface area contributed by atoms with Crippen LogP contribution in [0.2, 0.25) is 0 Å². The van der Waals surface area contributed by atoms with E-state index >= 15 is 4.39 Å². The number of nitrogens with one attached hydrogen (secondary N) is 2. The minimum atomic E-state index is -4.83. The van der Waals surface area contributed by atoms with E-state index in [-0.39, 0.29) is 48.0 Å². The Morgan fingerprint density at radius 1 is 0.980 bits per heavy atom. The maximum Gasteiger partial charge on any atom is 0.472 e. The molecule has 3 aliphatic heterocycles. The van der Waals surface area contributed by atoms with Gasteiger partial charge in [-0.25, -0.2) is 33.9 Å². The van der Waals surface area contributed by atoms with Crippen molar-refractivity contribution in [3.63, 3.8) is 0 Å². The molecule has 21 heteroatoms. The molecule has 3 N–H and O–H groups in total. The number of nitrogens with zero attached hydrogens (tertiary/aromatic N) is 7. The number of hydrogen-bond acceptors (Lipinski definition) is 14. The number of amides is 1. The maximum atomic E-state index is 15.8. The number of phosphoric acid groups is 1. The molecule has 5 unspecified atom stereocenters. The van der Waals surface area contributed by atoms with Crippen molar-refractivity contribution in [1.29, 1.82) is 0 Å². The molecule has 0 radical (unpaired) electrons. The number of halogens is 1. The van der Waals surface area contributed by atoms with Crippen LogP contribution in [0.1, 0.15) is 29.2 Å². The van der Waals surface area contributed by atoms with Gasteiger partial charge in [0.05, 0.1) is 38.3 Å². The normalized spacial score (nSPS) is 30.8. The molecule has 0 spiro atoms. The first-order chi connectivity index (χ1) is 23.8. The highest BCUT2D eigenvalue weighted by Crippen LogP contribution is 2.50. The Morgan fingerprint density at radius 3 is 2.59 bits per heavy atom. The molecule has 8 atom stereocenters. The first-order valence-corrected chi connectivity index (χ1v) is 16.5. The zero-order valence-electron chi connectivity index (χ0n) is 25.1. The van der Waals surface area contributed by atoms with Crippen LogP contribution in [0.3, 0.4) is 0 Å². The third-order valence-corrected chi connectivity index (χ3v) is 9.28. The Labute approximate surface area is 273 Å². The van der Waals surface area contributed by atoms with E-state index in [1.165, 1.54) is 28.1 Å². The molecule has 8 rings (SSSR count). The summed E-state index contributed by atoms with van der Waals surface area (Å²) in [5.41, 5.74) is 0.432. The van der Waals surface area contributed by atoms with E-state index in [2.05, 4.69) is 35.2 Å². The number of aromatic amines is 1. The number of rotatable bonds is 4. The largest absolute Gasteiger partial charge is 0.472 e. The van der Waals surface area contributed by atoms with Gasteiger partial charge >= 0.3 is 7.82 Å². The van der Waals surface area contributed by atoms with Gasteiger partial charge in [0.25, 0.3) is 11.5 Å². The van der Waals surface area contributed by atoms with Crippen LogP contribution < -0.4 is 10.9 Å². The minimum absolute atomic E-state index is 0.0236. The van der Waals surface area contributed by atoms with Crippen molar-refractivity contribution in [3.8, 4) is 0 Å². The number of phosphoric ester groups is 1. The summed E-state index contributed by atoms with van der Waals surface area (Å²) in [7, 11) is -4.83. The van der Waals surface area contributed by atoms with Gasteiger partial charge in [-0.1, -0.05) is 18.2 Å². The molecule has 3 fully saturated rings. The molecular weight excluding hydrogens is 672 g/mol.